The van der Waals surface area contributed by atoms with E-state index in [4.69, 9.17) is 30.2 Å². The molecule has 0 atom stereocenters. The van der Waals surface area contributed by atoms with E-state index in [9.17, 15) is 0 Å². The Morgan fingerprint density at radius 2 is 1.47 bits per heavy atom. The Morgan fingerprint density at radius 1 is 0.947 bits per heavy atom. The lowest BCUT2D eigenvalue weighted by atomic mass is 10.6. The maximum atomic E-state index is 5.79. The fourth-order valence-electron chi connectivity index (χ4n) is 1.60. The molecule has 0 aromatic heterocycles. The molecule has 0 rings (SSSR count). The van der Waals surface area contributed by atoms with Crippen LogP contribution in [0.25, 0.3) is 0 Å². The molecule has 0 fully saturated rings. The van der Waals surface area contributed by atoms with Gasteiger partial charge in [-0.25, -0.2) is 0 Å². The Morgan fingerprint density at radius 3 is 1.89 bits per heavy atom. The summed E-state index contributed by atoms with van der Waals surface area (Å²) in [5, 5.41) is 0. The van der Waals surface area contributed by atoms with Crippen molar-refractivity contribution >= 4 is 37.2 Å². The van der Waals surface area contributed by atoms with Crippen LogP contribution in [0, 0.1) is 0 Å². The van der Waals surface area contributed by atoms with Gasteiger partial charge in [-0.1, -0.05) is 11.8 Å². The van der Waals surface area contributed by atoms with Gasteiger partial charge in [-0.3, -0.25) is 0 Å². The van der Waals surface area contributed by atoms with Crippen molar-refractivity contribution in [1.82, 2.24) is 0 Å². The molecule has 114 valence electrons. The van der Waals surface area contributed by atoms with Crippen LogP contribution in [0.15, 0.2) is 0 Å². The molecule has 0 bridgehead atoms. The molecule has 19 heavy (non-hydrogen) atoms. The molecule has 0 aliphatic rings. The van der Waals surface area contributed by atoms with Gasteiger partial charge >= 0.3 is 8.80 Å². The van der Waals surface area contributed by atoms with Crippen LogP contribution in [0.1, 0.15) is 34.1 Å². The van der Waals surface area contributed by atoms with Crippen molar-refractivity contribution in [3.8, 4) is 0 Å². The monoisotopic (exact) mass is 326 g/mol. The van der Waals surface area contributed by atoms with Crippen LogP contribution >= 0.6 is 24.0 Å². The molecule has 0 unspecified atom stereocenters. The Balaban J connectivity index is 4.13. The van der Waals surface area contributed by atoms with Gasteiger partial charge in [0.25, 0.3) is 0 Å². The fraction of sp³-hybridized carbons (Fsp3) is 0.917. The van der Waals surface area contributed by atoms with Gasteiger partial charge in [-0.15, -0.1) is 0 Å². The Hall–Kier alpha value is 0.337. The summed E-state index contributed by atoms with van der Waals surface area (Å²) >= 11 is 6.63. The van der Waals surface area contributed by atoms with Gasteiger partial charge in [-0.2, -0.15) is 0 Å². The van der Waals surface area contributed by atoms with Gasteiger partial charge < -0.3 is 18.0 Å². The lowest BCUT2D eigenvalue weighted by Gasteiger charge is -2.28. The maximum Gasteiger partial charge on any atom is 0.500 e. The largest absolute Gasteiger partial charge is 0.500 e. The summed E-state index contributed by atoms with van der Waals surface area (Å²) in [6.45, 7) is 10.3. The third-order valence-corrected chi connectivity index (χ3v) is 6.67. The smallest absolute Gasteiger partial charge is 0.479 e. The highest BCUT2D eigenvalue weighted by molar-refractivity contribution is 8.22. The molecule has 7 heteroatoms. The Labute approximate surface area is 127 Å². The Bertz CT molecular complexity index is 225. The highest BCUT2D eigenvalue weighted by atomic mass is 32.2. The zero-order valence-electron chi connectivity index (χ0n) is 12.4. The predicted molar refractivity (Wildman–Crippen MR) is 86.7 cm³/mol. The third-order valence-electron chi connectivity index (χ3n) is 2.20. The topological polar surface area (TPSA) is 36.9 Å². The van der Waals surface area contributed by atoms with Gasteiger partial charge in [0.05, 0.1) is 6.61 Å². The first-order chi connectivity index (χ1) is 9.14. The molecule has 0 N–H and O–H groups in total. The summed E-state index contributed by atoms with van der Waals surface area (Å²) < 4.78 is 23.2. The molecule has 0 aliphatic carbocycles. The molecular weight excluding hydrogens is 300 g/mol. The van der Waals surface area contributed by atoms with Crippen LogP contribution < -0.4 is 0 Å². The average Bonchev–Trinajstić information content (AvgIpc) is 2.36. The predicted octanol–water partition coefficient (Wildman–Crippen LogP) is 3.48. The minimum atomic E-state index is -2.48. The van der Waals surface area contributed by atoms with Crippen molar-refractivity contribution in [3.63, 3.8) is 0 Å². The second kappa shape index (κ2) is 12.1. The highest BCUT2D eigenvalue weighted by Crippen LogP contribution is 2.20. The van der Waals surface area contributed by atoms with E-state index in [1.165, 1.54) is 0 Å². The SMILES string of the molecule is CCOC(=S)SCCC[Si](OCC)(OCC)OCC. The highest BCUT2D eigenvalue weighted by Gasteiger charge is 2.39. The standard InChI is InChI=1S/C12H26O4S2Si/c1-5-13-12(17)18-10-9-11-19(14-6-2,15-7-3)16-8-4/h5-11H2,1-4H3. The second-order valence-corrected chi connectivity index (χ2v) is 8.05. The summed E-state index contributed by atoms with van der Waals surface area (Å²) in [6, 6.07) is 0.824. The maximum absolute atomic E-state index is 5.79. The van der Waals surface area contributed by atoms with Crippen molar-refractivity contribution in [2.75, 3.05) is 32.2 Å². The molecular formula is C12H26O4S2Si. The first-order valence-electron chi connectivity index (χ1n) is 6.85. The van der Waals surface area contributed by atoms with E-state index in [0.717, 1.165) is 18.2 Å². The van der Waals surface area contributed by atoms with Crippen LogP contribution in [-0.2, 0) is 18.0 Å². The molecule has 0 aliphatic heterocycles. The van der Waals surface area contributed by atoms with Crippen LogP contribution in [0.3, 0.4) is 0 Å². The molecule has 0 saturated heterocycles. The summed E-state index contributed by atoms with van der Waals surface area (Å²) in [4.78, 5) is 0. The number of hydrogen-bond acceptors (Lipinski definition) is 6. The normalized spacial score (nSPS) is 11.6. The van der Waals surface area contributed by atoms with Crippen molar-refractivity contribution in [3.05, 3.63) is 0 Å². The molecule has 0 saturated carbocycles. The van der Waals surface area contributed by atoms with Gasteiger partial charge in [0, 0.05) is 31.6 Å². The number of thioether (sulfide) groups is 1. The molecule has 0 radical (unpaired) electrons. The van der Waals surface area contributed by atoms with Crippen LogP contribution in [0.5, 0.6) is 0 Å². The number of ether oxygens (including phenoxy) is 1. The summed E-state index contributed by atoms with van der Waals surface area (Å²) in [5.41, 5.74) is 0. The van der Waals surface area contributed by atoms with Gasteiger partial charge in [0.1, 0.15) is 0 Å². The first kappa shape index (κ1) is 19.3. The van der Waals surface area contributed by atoms with E-state index in [1.54, 1.807) is 11.8 Å². The minimum Gasteiger partial charge on any atom is -0.479 e. The van der Waals surface area contributed by atoms with Crippen molar-refractivity contribution in [2.24, 2.45) is 0 Å². The molecule has 0 spiro atoms. The van der Waals surface area contributed by atoms with Gasteiger partial charge in [0.2, 0.25) is 4.38 Å². The van der Waals surface area contributed by atoms with Crippen LogP contribution in [-0.4, -0.2) is 45.4 Å². The van der Waals surface area contributed by atoms with E-state index in [2.05, 4.69) is 0 Å². The molecule has 4 nitrogen and oxygen atoms in total. The summed E-state index contributed by atoms with van der Waals surface area (Å²) in [5.74, 6) is 0.904. The minimum absolute atomic E-state index is 0.610. The van der Waals surface area contributed by atoms with Crippen molar-refractivity contribution < 1.29 is 18.0 Å². The second-order valence-electron chi connectivity index (χ2n) is 3.62. The zero-order valence-corrected chi connectivity index (χ0v) is 15.0. The molecule has 0 amide bonds. The number of thiocarbonyl (C=S) groups is 1. The first-order valence-corrected chi connectivity index (χ1v) is 10.2. The lowest BCUT2D eigenvalue weighted by Crippen LogP contribution is -2.46. The molecule has 0 aromatic rings. The van der Waals surface area contributed by atoms with Crippen LogP contribution in [0.4, 0.5) is 0 Å². The van der Waals surface area contributed by atoms with Crippen LogP contribution in [0.2, 0.25) is 6.04 Å². The van der Waals surface area contributed by atoms with E-state index in [-0.39, 0.29) is 0 Å². The molecule has 0 heterocycles. The van der Waals surface area contributed by atoms with E-state index >= 15 is 0 Å². The quantitative estimate of drug-likeness (QED) is 0.329. The van der Waals surface area contributed by atoms with E-state index < -0.39 is 8.80 Å². The average molecular weight is 327 g/mol. The molecule has 0 aromatic carbocycles. The lowest BCUT2D eigenvalue weighted by molar-refractivity contribution is 0.0712. The van der Waals surface area contributed by atoms with Crippen molar-refractivity contribution in [1.29, 1.82) is 0 Å². The summed E-state index contributed by atoms with van der Waals surface area (Å²) in [6.07, 6.45) is 0.949. The third kappa shape index (κ3) is 8.99. The van der Waals surface area contributed by atoms with Crippen molar-refractivity contribution in [2.45, 2.75) is 40.2 Å². The zero-order chi connectivity index (χ0) is 14.6. The fourth-order valence-corrected chi connectivity index (χ4v) is 5.50. The van der Waals surface area contributed by atoms with E-state index in [1.807, 2.05) is 27.7 Å². The summed E-state index contributed by atoms with van der Waals surface area (Å²) in [7, 11) is -2.48. The Kier molecular flexibility index (Phi) is 12.3. The number of rotatable bonds is 11. The van der Waals surface area contributed by atoms with Gasteiger partial charge in [0.15, 0.2) is 0 Å². The number of hydrogen-bond donors (Lipinski definition) is 0. The van der Waals surface area contributed by atoms with Gasteiger partial charge in [-0.05, 0) is 46.3 Å². The van der Waals surface area contributed by atoms with E-state index in [0.29, 0.717) is 30.8 Å².